The van der Waals surface area contributed by atoms with Gasteiger partial charge in [0.05, 0.1) is 5.52 Å². The van der Waals surface area contributed by atoms with Crippen molar-refractivity contribution in [2.24, 2.45) is 7.05 Å². The van der Waals surface area contributed by atoms with Gasteiger partial charge in [0.25, 0.3) is 0 Å². The lowest BCUT2D eigenvalue weighted by molar-refractivity contribution is 0.779. The van der Waals surface area contributed by atoms with Crippen LogP contribution in [-0.4, -0.2) is 4.57 Å². The molecule has 1 aliphatic rings. The first-order valence-corrected chi connectivity index (χ1v) is 8.35. The molecular weight excluding hydrogens is 278 g/mol. The number of allylic oxidation sites excluding steroid dienone is 1. The molecule has 1 heteroatoms. The molecule has 0 N–H and O–H groups in total. The van der Waals surface area contributed by atoms with E-state index in [0.717, 1.165) is 6.42 Å². The first-order valence-electron chi connectivity index (χ1n) is 8.35. The predicted octanol–water partition coefficient (Wildman–Crippen LogP) is 6.01. The Hall–Kier alpha value is -2.54. The molecule has 5 rings (SSSR count). The minimum Gasteiger partial charge on any atom is -0.343 e. The average Bonchev–Trinajstić information content (AvgIpc) is 2.88. The van der Waals surface area contributed by atoms with Gasteiger partial charge in [0.1, 0.15) is 0 Å². The summed E-state index contributed by atoms with van der Waals surface area (Å²) in [6, 6.07) is 17.8. The van der Waals surface area contributed by atoms with Crippen LogP contribution in [0.4, 0.5) is 0 Å². The minimum absolute atomic E-state index is 0.579. The van der Waals surface area contributed by atoms with Crippen molar-refractivity contribution >= 4 is 38.7 Å². The van der Waals surface area contributed by atoms with Gasteiger partial charge < -0.3 is 4.57 Å². The van der Waals surface area contributed by atoms with Crippen LogP contribution in [0.25, 0.3) is 38.7 Å². The molecule has 0 saturated carbocycles. The third-order valence-corrected chi connectivity index (χ3v) is 5.40. The molecule has 112 valence electrons. The van der Waals surface area contributed by atoms with Gasteiger partial charge in [-0.25, -0.2) is 0 Å². The number of fused-ring (bicyclic) bond motifs is 7. The highest BCUT2D eigenvalue weighted by Gasteiger charge is 2.20. The van der Waals surface area contributed by atoms with Crippen LogP contribution in [0.15, 0.2) is 54.6 Å². The van der Waals surface area contributed by atoms with Crippen LogP contribution < -0.4 is 0 Å². The number of hydrogen-bond acceptors (Lipinski definition) is 0. The standard InChI is InChI=1S/C22H19N/c1-14-6-5-8-16-11-13-19-21(20(14)16)18-12-10-15-7-3-4-9-17(15)22(18)23(19)2/h3-5,7-14H,6H2,1-2H3. The van der Waals surface area contributed by atoms with E-state index in [-0.39, 0.29) is 0 Å². The van der Waals surface area contributed by atoms with Crippen molar-refractivity contribution < 1.29 is 0 Å². The highest BCUT2D eigenvalue weighted by atomic mass is 14.9. The van der Waals surface area contributed by atoms with Crippen molar-refractivity contribution in [3.63, 3.8) is 0 Å². The topological polar surface area (TPSA) is 4.93 Å². The van der Waals surface area contributed by atoms with Crippen molar-refractivity contribution in [2.45, 2.75) is 19.3 Å². The van der Waals surface area contributed by atoms with Crippen LogP contribution in [0.5, 0.6) is 0 Å². The number of benzene rings is 3. The van der Waals surface area contributed by atoms with Gasteiger partial charge in [0.2, 0.25) is 0 Å². The van der Waals surface area contributed by atoms with Crippen molar-refractivity contribution in [1.29, 1.82) is 0 Å². The molecule has 0 saturated heterocycles. The lowest BCUT2D eigenvalue weighted by atomic mass is 9.85. The minimum atomic E-state index is 0.579. The Balaban J connectivity index is 2.07. The van der Waals surface area contributed by atoms with Gasteiger partial charge in [-0.05, 0) is 34.9 Å². The van der Waals surface area contributed by atoms with Gasteiger partial charge in [0, 0.05) is 28.7 Å². The van der Waals surface area contributed by atoms with Crippen LogP contribution in [0.3, 0.4) is 0 Å². The summed E-state index contributed by atoms with van der Waals surface area (Å²) in [6.07, 6.45) is 5.73. The molecule has 0 fully saturated rings. The summed E-state index contributed by atoms with van der Waals surface area (Å²) in [5.74, 6) is 0.579. The Bertz CT molecular complexity index is 1110. The monoisotopic (exact) mass is 297 g/mol. The molecule has 1 unspecified atom stereocenters. The summed E-state index contributed by atoms with van der Waals surface area (Å²) in [6.45, 7) is 2.35. The summed E-state index contributed by atoms with van der Waals surface area (Å²) >= 11 is 0. The number of rotatable bonds is 0. The first kappa shape index (κ1) is 13.0. The molecule has 1 aliphatic carbocycles. The molecular formula is C22H19N. The van der Waals surface area contributed by atoms with Crippen LogP contribution in [0.2, 0.25) is 0 Å². The number of aromatic nitrogens is 1. The van der Waals surface area contributed by atoms with Gasteiger partial charge in [-0.15, -0.1) is 0 Å². The largest absolute Gasteiger partial charge is 0.343 e. The number of hydrogen-bond donors (Lipinski definition) is 0. The van der Waals surface area contributed by atoms with Crippen LogP contribution in [0, 0.1) is 0 Å². The van der Waals surface area contributed by atoms with E-state index < -0.39 is 0 Å². The van der Waals surface area contributed by atoms with E-state index in [1.165, 1.54) is 43.7 Å². The second-order valence-corrected chi connectivity index (χ2v) is 6.74. The first-order chi connectivity index (χ1) is 11.3. The maximum absolute atomic E-state index is 2.37. The maximum Gasteiger partial charge on any atom is 0.0568 e. The van der Waals surface area contributed by atoms with Crippen molar-refractivity contribution in [1.82, 2.24) is 4.57 Å². The summed E-state index contributed by atoms with van der Waals surface area (Å²) in [5, 5.41) is 5.49. The van der Waals surface area contributed by atoms with E-state index >= 15 is 0 Å². The molecule has 0 amide bonds. The second-order valence-electron chi connectivity index (χ2n) is 6.74. The normalized spacial score (nSPS) is 17.2. The third kappa shape index (κ3) is 1.62. The Morgan fingerprint density at radius 1 is 0.957 bits per heavy atom. The van der Waals surface area contributed by atoms with Crippen molar-refractivity contribution in [2.75, 3.05) is 0 Å². The number of aryl methyl sites for hydroxylation is 1. The molecule has 1 heterocycles. The fourth-order valence-electron chi connectivity index (χ4n) is 4.32. The molecule has 1 atom stereocenters. The highest BCUT2D eigenvalue weighted by molar-refractivity contribution is 6.19. The smallest absolute Gasteiger partial charge is 0.0568 e. The van der Waals surface area contributed by atoms with Gasteiger partial charge in [-0.3, -0.25) is 0 Å². The molecule has 0 spiro atoms. The molecule has 4 aromatic rings. The quantitative estimate of drug-likeness (QED) is 0.375. The molecule has 0 radical (unpaired) electrons. The molecule has 0 bridgehead atoms. The summed E-state index contributed by atoms with van der Waals surface area (Å²) in [4.78, 5) is 0. The van der Waals surface area contributed by atoms with Crippen LogP contribution >= 0.6 is 0 Å². The zero-order chi connectivity index (χ0) is 15.6. The van der Waals surface area contributed by atoms with E-state index in [9.17, 15) is 0 Å². The van der Waals surface area contributed by atoms with Gasteiger partial charge >= 0.3 is 0 Å². The second kappa shape index (κ2) is 4.48. The predicted molar refractivity (Wildman–Crippen MR) is 100.0 cm³/mol. The fourth-order valence-corrected chi connectivity index (χ4v) is 4.32. The zero-order valence-electron chi connectivity index (χ0n) is 13.5. The lowest BCUT2D eigenvalue weighted by Crippen LogP contribution is -2.00. The Morgan fingerprint density at radius 2 is 1.83 bits per heavy atom. The molecule has 3 aromatic carbocycles. The molecule has 23 heavy (non-hydrogen) atoms. The van der Waals surface area contributed by atoms with E-state index in [2.05, 4.69) is 79.2 Å². The zero-order valence-corrected chi connectivity index (χ0v) is 13.5. The van der Waals surface area contributed by atoms with Crippen molar-refractivity contribution in [3.8, 4) is 0 Å². The van der Waals surface area contributed by atoms with Gasteiger partial charge in [-0.2, -0.15) is 0 Å². The van der Waals surface area contributed by atoms with E-state index in [1.807, 2.05) is 0 Å². The van der Waals surface area contributed by atoms with Crippen LogP contribution in [0.1, 0.15) is 30.4 Å². The van der Waals surface area contributed by atoms with Crippen LogP contribution in [-0.2, 0) is 7.05 Å². The van der Waals surface area contributed by atoms with Gasteiger partial charge in [-0.1, -0.05) is 61.5 Å². The summed E-state index contributed by atoms with van der Waals surface area (Å²) < 4.78 is 2.37. The molecule has 1 nitrogen and oxygen atoms in total. The highest BCUT2D eigenvalue weighted by Crippen LogP contribution is 2.41. The Labute approximate surface area is 135 Å². The maximum atomic E-state index is 2.37. The fraction of sp³-hybridized carbons (Fsp3) is 0.182. The van der Waals surface area contributed by atoms with Crippen molar-refractivity contribution in [3.05, 3.63) is 65.7 Å². The van der Waals surface area contributed by atoms with E-state index in [0.29, 0.717) is 5.92 Å². The Morgan fingerprint density at radius 3 is 2.74 bits per heavy atom. The SMILES string of the molecule is CC1CC=Cc2ccc3c(c21)c1ccc2ccccc2c1n3C. The average molecular weight is 297 g/mol. The molecule has 1 aromatic heterocycles. The number of nitrogens with zero attached hydrogens (tertiary/aromatic N) is 1. The lowest BCUT2D eigenvalue weighted by Gasteiger charge is -2.19. The van der Waals surface area contributed by atoms with E-state index in [4.69, 9.17) is 0 Å². The molecule has 0 aliphatic heterocycles. The summed E-state index contributed by atoms with van der Waals surface area (Å²) in [7, 11) is 2.20. The summed E-state index contributed by atoms with van der Waals surface area (Å²) in [5.41, 5.74) is 5.60. The third-order valence-electron chi connectivity index (χ3n) is 5.40. The Kier molecular flexibility index (Phi) is 2.52. The van der Waals surface area contributed by atoms with Gasteiger partial charge in [0.15, 0.2) is 0 Å². The van der Waals surface area contributed by atoms with E-state index in [1.54, 1.807) is 0 Å².